The molecule has 0 saturated carbocycles. The van der Waals surface area contributed by atoms with Crippen LogP contribution in [0.2, 0.25) is 0 Å². The Hall–Kier alpha value is -4.13. The molecule has 7 nitrogen and oxygen atoms in total. The number of benzene rings is 3. The van der Waals surface area contributed by atoms with E-state index in [9.17, 15) is 14.4 Å². The van der Waals surface area contributed by atoms with Crippen molar-refractivity contribution in [3.8, 4) is 11.5 Å². The summed E-state index contributed by atoms with van der Waals surface area (Å²) in [6.07, 6.45) is 0.184. The Morgan fingerprint density at radius 3 is 2.47 bits per heavy atom. The molecule has 2 amide bonds. The molecule has 7 heteroatoms. The monoisotopic (exact) mass is 432 g/mol. The van der Waals surface area contributed by atoms with Crippen LogP contribution < -0.4 is 20.1 Å². The predicted molar refractivity (Wildman–Crippen MR) is 121 cm³/mol. The number of para-hydroxylation sites is 1. The maximum Gasteiger partial charge on any atom is 0.308 e. The number of hydrogen-bond acceptors (Lipinski definition) is 5. The van der Waals surface area contributed by atoms with Gasteiger partial charge in [0.2, 0.25) is 5.91 Å². The molecule has 0 spiro atoms. The summed E-state index contributed by atoms with van der Waals surface area (Å²) in [6, 6.07) is 21.0. The third-order valence-corrected chi connectivity index (χ3v) is 4.57. The van der Waals surface area contributed by atoms with Gasteiger partial charge in [-0.2, -0.15) is 0 Å². The molecule has 0 saturated heterocycles. The van der Waals surface area contributed by atoms with E-state index >= 15 is 0 Å². The lowest BCUT2D eigenvalue weighted by Crippen LogP contribution is -2.23. The van der Waals surface area contributed by atoms with E-state index < -0.39 is 5.97 Å². The summed E-state index contributed by atoms with van der Waals surface area (Å²) in [5.41, 5.74) is 2.63. The standard InChI is InChI=1S/C25H24N2O5/c1-17(28)32-22-11-6-9-20(14-22)25(30)26-16-18-7-5-10-21(13-18)27-24(29)15-19-8-3-4-12-23(19)31-2/h3-14H,15-16H2,1-2H3,(H,26,30)(H,27,29). The lowest BCUT2D eigenvalue weighted by atomic mass is 10.1. The molecule has 32 heavy (non-hydrogen) atoms. The molecule has 0 bridgehead atoms. The summed E-state index contributed by atoms with van der Waals surface area (Å²) in [5, 5.41) is 5.69. The Balaban J connectivity index is 1.58. The third kappa shape index (κ3) is 6.43. The zero-order valence-electron chi connectivity index (χ0n) is 17.9. The van der Waals surface area contributed by atoms with Gasteiger partial charge in [-0.05, 0) is 42.0 Å². The highest BCUT2D eigenvalue weighted by molar-refractivity contribution is 5.95. The number of rotatable bonds is 8. The molecular weight excluding hydrogens is 408 g/mol. The molecule has 0 fully saturated rings. The zero-order chi connectivity index (χ0) is 22.9. The third-order valence-electron chi connectivity index (χ3n) is 4.57. The SMILES string of the molecule is COc1ccccc1CC(=O)Nc1cccc(CNC(=O)c2cccc(OC(C)=O)c2)c1. The van der Waals surface area contributed by atoms with Gasteiger partial charge in [-0.25, -0.2) is 0 Å². The van der Waals surface area contributed by atoms with Crippen molar-refractivity contribution in [3.63, 3.8) is 0 Å². The molecule has 0 aromatic heterocycles. The molecule has 0 atom stereocenters. The van der Waals surface area contributed by atoms with Crippen LogP contribution in [0, 0.1) is 0 Å². The summed E-state index contributed by atoms with van der Waals surface area (Å²) in [5.74, 6) is 0.0523. The molecule has 3 rings (SSSR count). The number of ether oxygens (including phenoxy) is 2. The Kier molecular flexibility index (Phi) is 7.59. The van der Waals surface area contributed by atoms with Crippen LogP contribution in [0.4, 0.5) is 5.69 Å². The minimum atomic E-state index is -0.452. The normalized spacial score (nSPS) is 10.2. The van der Waals surface area contributed by atoms with Gasteiger partial charge in [0.05, 0.1) is 13.5 Å². The van der Waals surface area contributed by atoms with Crippen LogP contribution in [0.5, 0.6) is 11.5 Å². The molecule has 0 aliphatic heterocycles. The van der Waals surface area contributed by atoms with Crippen molar-refractivity contribution in [2.24, 2.45) is 0 Å². The molecule has 3 aromatic rings. The Labute approximate surface area is 186 Å². The van der Waals surface area contributed by atoms with E-state index in [2.05, 4.69) is 10.6 Å². The number of hydrogen-bond donors (Lipinski definition) is 2. The van der Waals surface area contributed by atoms with Crippen LogP contribution >= 0.6 is 0 Å². The quantitative estimate of drug-likeness (QED) is 0.418. The van der Waals surface area contributed by atoms with E-state index in [1.54, 1.807) is 37.4 Å². The fraction of sp³-hybridized carbons (Fsp3) is 0.160. The first kappa shape index (κ1) is 22.6. The van der Waals surface area contributed by atoms with Crippen LogP contribution in [0.25, 0.3) is 0 Å². The fourth-order valence-electron chi connectivity index (χ4n) is 3.14. The summed E-state index contributed by atoms with van der Waals surface area (Å²) in [6.45, 7) is 1.57. The highest BCUT2D eigenvalue weighted by atomic mass is 16.5. The number of esters is 1. The van der Waals surface area contributed by atoms with Crippen LogP contribution in [-0.4, -0.2) is 24.9 Å². The van der Waals surface area contributed by atoms with Crippen molar-refractivity contribution in [1.82, 2.24) is 5.32 Å². The molecule has 0 unspecified atom stereocenters. The van der Waals surface area contributed by atoms with Crippen molar-refractivity contribution in [1.29, 1.82) is 0 Å². The van der Waals surface area contributed by atoms with Crippen molar-refractivity contribution in [3.05, 3.63) is 89.5 Å². The zero-order valence-corrected chi connectivity index (χ0v) is 17.9. The van der Waals surface area contributed by atoms with Gasteiger partial charge in [0.15, 0.2) is 0 Å². The summed E-state index contributed by atoms with van der Waals surface area (Å²) < 4.78 is 10.3. The first-order valence-corrected chi connectivity index (χ1v) is 10.0. The second kappa shape index (κ2) is 10.8. The van der Waals surface area contributed by atoms with Crippen LogP contribution in [0.1, 0.15) is 28.4 Å². The van der Waals surface area contributed by atoms with Crippen LogP contribution in [0.15, 0.2) is 72.8 Å². The van der Waals surface area contributed by atoms with Gasteiger partial charge in [0, 0.05) is 30.3 Å². The molecular formula is C25H24N2O5. The Morgan fingerprint density at radius 1 is 0.906 bits per heavy atom. The molecule has 0 aliphatic rings. The van der Waals surface area contributed by atoms with Crippen molar-refractivity contribution in [2.75, 3.05) is 12.4 Å². The number of amides is 2. The molecule has 2 N–H and O–H groups in total. The number of methoxy groups -OCH3 is 1. The van der Waals surface area contributed by atoms with Gasteiger partial charge in [-0.1, -0.05) is 36.4 Å². The number of carbonyl (C=O) groups excluding carboxylic acids is 3. The van der Waals surface area contributed by atoms with E-state index in [1.165, 1.54) is 13.0 Å². The van der Waals surface area contributed by atoms with Gasteiger partial charge in [0.1, 0.15) is 11.5 Å². The van der Waals surface area contributed by atoms with E-state index in [0.717, 1.165) is 11.1 Å². The maximum absolute atomic E-state index is 12.4. The number of anilines is 1. The summed E-state index contributed by atoms with van der Waals surface area (Å²) >= 11 is 0. The Bertz CT molecular complexity index is 1130. The molecule has 0 aliphatic carbocycles. The van der Waals surface area contributed by atoms with Crippen molar-refractivity contribution in [2.45, 2.75) is 19.9 Å². The minimum absolute atomic E-state index is 0.169. The lowest BCUT2D eigenvalue weighted by Gasteiger charge is -2.11. The van der Waals surface area contributed by atoms with Crippen molar-refractivity contribution < 1.29 is 23.9 Å². The minimum Gasteiger partial charge on any atom is -0.496 e. The van der Waals surface area contributed by atoms with Gasteiger partial charge < -0.3 is 20.1 Å². The molecule has 0 radical (unpaired) electrons. The van der Waals surface area contributed by atoms with Gasteiger partial charge in [0.25, 0.3) is 5.91 Å². The molecule has 3 aromatic carbocycles. The first-order valence-electron chi connectivity index (χ1n) is 10.0. The van der Waals surface area contributed by atoms with Crippen molar-refractivity contribution >= 4 is 23.5 Å². The van der Waals surface area contributed by atoms with Crippen LogP contribution in [-0.2, 0) is 22.6 Å². The first-order chi connectivity index (χ1) is 15.4. The summed E-state index contributed by atoms with van der Waals surface area (Å²) in [4.78, 5) is 36.0. The number of carbonyl (C=O) groups is 3. The second-order valence-corrected chi connectivity index (χ2v) is 7.04. The van der Waals surface area contributed by atoms with E-state index in [1.807, 2.05) is 36.4 Å². The average Bonchev–Trinajstić information content (AvgIpc) is 2.77. The highest BCUT2D eigenvalue weighted by Gasteiger charge is 2.10. The van der Waals surface area contributed by atoms with E-state index in [0.29, 0.717) is 22.7 Å². The topological polar surface area (TPSA) is 93.7 Å². The summed E-state index contributed by atoms with van der Waals surface area (Å²) in [7, 11) is 1.57. The van der Waals surface area contributed by atoms with Gasteiger partial charge in [-0.15, -0.1) is 0 Å². The highest BCUT2D eigenvalue weighted by Crippen LogP contribution is 2.19. The van der Waals surface area contributed by atoms with E-state index in [4.69, 9.17) is 9.47 Å². The fourth-order valence-corrected chi connectivity index (χ4v) is 3.14. The number of nitrogens with one attached hydrogen (secondary N) is 2. The smallest absolute Gasteiger partial charge is 0.308 e. The van der Waals surface area contributed by atoms with Gasteiger partial charge >= 0.3 is 5.97 Å². The Morgan fingerprint density at radius 2 is 1.69 bits per heavy atom. The van der Waals surface area contributed by atoms with Gasteiger partial charge in [-0.3, -0.25) is 14.4 Å². The lowest BCUT2D eigenvalue weighted by molar-refractivity contribution is -0.131. The largest absolute Gasteiger partial charge is 0.496 e. The van der Waals surface area contributed by atoms with E-state index in [-0.39, 0.29) is 24.8 Å². The predicted octanol–water partition coefficient (Wildman–Crippen LogP) is 3.73. The molecule has 164 valence electrons. The average molecular weight is 432 g/mol. The second-order valence-electron chi connectivity index (χ2n) is 7.04. The van der Waals surface area contributed by atoms with Crippen LogP contribution in [0.3, 0.4) is 0 Å². The molecule has 0 heterocycles. The maximum atomic E-state index is 12.4.